The molecule has 1 fully saturated rings. The van der Waals surface area contributed by atoms with E-state index < -0.39 is 60.9 Å². The molecular formula is C42H75NO7SSi2. The third kappa shape index (κ3) is 13.0. The minimum atomic E-state index is -4.06. The number of benzene rings is 1. The fraction of sp³-hybridized carbons (Fsp3) is 0.738. The lowest BCUT2D eigenvalue weighted by atomic mass is 9.87. The van der Waals surface area contributed by atoms with Crippen LogP contribution in [0.5, 0.6) is 0 Å². The summed E-state index contributed by atoms with van der Waals surface area (Å²) in [5.41, 5.74) is -1.08. The Morgan fingerprint density at radius 1 is 0.962 bits per heavy atom. The van der Waals surface area contributed by atoms with Crippen LogP contribution in [-0.4, -0.2) is 76.4 Å². The van der Waals surface area contributed by atoms with Gasteiger partial charge >= 0.3 is 5.97 Å². The maximum atomic E-state index is 15.5. The van der Waals surface area contributed by atoms with Crippen LogP contribution in [0.2, 0.25) is 36.3 Å². The standard InChI is InChI=1S/C42H75NO7SSi2/c1-14-15-19-24-33(49-52(10,11)39(2,3)4)28-29-35-36(50-53(12,13)40(5,6)7)31-37(43-32-41(8,9)46)42(35,30-23-17-16-22-27-38(44)45)51(47,48)34-25-20-18-21-26-34/h17-18,20-21,23,25-26,28-29,33,35-37,43,46H,14-16,19,22,24,27,30-32H2,1-13H3,(H,44,45)/b23-17-,29-28+/t33-,35-,36+,37-,42-/m0/s1. The number of rotatable bonds is 21. The van der Waals surface area contributed by atoms with Crippen LogP contribution < -0.4 is 5.32 Å². The van der Waals surface area contributed by atoms with E-state index in [1.54, 1.807) is 38.1 Å². The van der Waals surface area contributed by atoms with Crippen LogP contribution in [0.25, 0.3) is 0 Å². The molecule has 8 nitrogen and oxygen atoms in total. The van der Waals surface area contributed by atoms with E-state index >= 15 is 8.42 Å². The highest BCUT2D eigenvalue weighted by molar-refractivity contribution is 7.93. The van der Waals surface area contributed by atoms with E-state index in [-0.39, 0.29) is 40.5 Å². The van der Waals surface area contributed by atoms with E-state index in [0.29, 0.717) is 19.3 Å². The van der Waals surface area contributed by atoms with Crippen LogP contribution in [0, 0.1) is 5.92 Å². The fourth-order valence-corrected chi connectivity index (χ4v) is 11.7. The number of hydrogen-bond donors (Lipinski definition) is 3. The zero-order valence-electron chi connectivity index (χ0n) is 35.4. The molecule has 0 amide bonds. The van der Waals surface area contributed by atoms with Crippen LogP contribution in [0.3, 0.4) is 0 Å². The molecule has 304 valence electrons. The van der Waals surface area contributed by atoms with Gasteiger partial charge in [-0.1, -0.05) is 110 Å². The highest BCUT2D eigenvalue weighted by Crippen LogP contribution is 2.52. The second-order valence-corrected chi connectivity index (χ2v) is 30.7. The van der Waals surface area contributed by atoms with Gasteiger partial charge in [-0.2, -0.15) is 0 Å². The van der Waals surface area contributed by atoms with Gasteiger partial charge in [0.15, 0.2) is 26.5 Å². The molecule has 1 aromatic carbocycles. The van der Waals surface area contributed by atoms with Crippen LogP contribution in [0.1, 0.15) is 120 Å². The Balaban J connectivity index is 2.96. The zero-order chi connectivity index (χ0) is 40.5. The molecule has 0 spiro atoms. The van der Waals surface area contributed by atoms with Crippen molar-refractivity contribution in [3.05, 3.63) is 54.6 Å². The molecule has 0 saturated heterocycles. The molecule has 11 heteroatoms. The van der Waals surface area contributed by atoms with E-state index in [1.165, 1.54) is 0 Å². The van der Waals surface area contributed by atoms with Gasteiger partial charge in [-0.3, -0.25) is 4.79 Å². The molecule has 0 aromatic heterocycles. The van der Waals surface area contributed by atoms with Crippen molar-refractivity contribution in [1.29, 1.82) is 0 Å². The minimum Gasteiger partial charge on any atom is -0.481 e. The van der Waals surface area contributed by atoms with E-state index in [4.69, 9.17) is 8.85 Å². The number of aliphatic carboxylic acids is 1. The maximum Gasteiger partial charge on any atom is 0.303 e. The SMILES string of the molecule is CCCCC[C@@H](/C=C/[C@H]1[C@H](O[Si](C)(C)C(C)(C)C)C[C@H](NCC(C)(C)O)[C@@]1(C/C=C\CCCC(=O)O)S(=O)(=O)c1ccccc1)O[Si](C)(C)C(C)(C)C. The summed E-state index contributed by atoms with van der Waals surface area (Å²) in [6.45, 7) is 28.1. The highest BCUT2D eigenvalue weighted by atomic mass is 32.2. The number of carboxylic acid groups (broad SMARTS) is 1. The van der Waals surface area contributed by atoms with Crippen molar-refractivity contribution in [1.82, 2.24) is 5.32 Å². The molecule has 53 heavy (non-hydrogen) atoms. The number of aliphatic hydroxyl groups is 1. The van der Waals surface area contributed by atoms with Crippen molar-refractivity contribution in [3.8, 4) is 0 Å². The lowest BCUT2D eigenvalue weighted by molar-refractivity contribution is -0.137. The maximum absolute atomic E-state index is 15.5. The average molecular weight is 794 g/mol. The molecule has 1 aliphatic carbocycles. The van der Waals surface area contributed by atoms with Gasteiger partial charge in [0.25, 0.3) is 0 Å². The molecule has 0 bridgehead atoms. The van der Waals surface area contributed by atoms with E-state index in [2.05, 4.69) is 92.1 Å². The fourth-order valence-electron chi connectivity index (χ4n) is 6.64. The summed E-state index contributed by atoms with van der Waals surface area (Å²) < 4.78 is 44.0. The van der Waals surface area contributed by atoms with Gasteiger partial charge in [-0.05, 0) is 94.3 Å². The topological polar surface area (TPSA) is 122 Å². The molecule has 1 aliphatic rings. The number of carbonyl (C=O) groups is 1. The van der Waals surface area contributed by atoms with Gasteiger partial charge in [0.05, 0.1) is 22.7 Å². The second-order valence-electron chi connectivity index (χ2n) is 19.0. The Morgan fingerprint density at radius 2 is 1.57 bits per heavy atom. The van der Waals surface area contributed by atoms with Gasteiger partial charge in [-0.15, -0.1) is 0 Å². The Labute approximate surface area is 325 Å². The predicted octanol–water partition coefficient (Wildman–Crippen LogP) is 10.1. The molecule has 0 radical (unpaired) electrons. The quantitative estimate of drug-likeness (QED) is 0.0639. The zero-order valence-corrected chi connectivity index (χ0v) is 38.2. The predicted molar refractivity (Wildman–Crippen MR) is 225 cm³/mol. The first kappa shape index (κ1) is 47.5. The number of sulfone groups is 1. The summed E-state index contributed by atoms with van der Waals surface area (Å²) in [7, 11) is -8.66. The molecule has 0 unspecified atom stereocenters. The normalized spacial score (nSPS) is 22.9. The molecule has 0 heterocycles. The molecule has 1 saturated carbocycles. The highest BCUT2D eigenvalue weighted by Gasteiger charge is 2.63. The summed E-state index contributed by atoms with van der Waals surface area (Å²) in [6, 6.07) is 8.15. The smallest absolute Gasteiger partial charge is 0.303 e. The van der Waals surface area contributed by atoms with E-state index in [0.717, 1.165) is 25.7 Å². The second kappa shape index (κ2) is 19.0. The van der Waals surface area contributed by atoms with Gasteiger partial charge in [0.1, 0.15) is 4.75 Å². The monoisotopic (exact) mass is 793 g/mol. The first-order valence-corrected chi connectivity index (χ1v) is 27.2. The van der Waals surface area contributed by atoms with Crippen LogP contribution in [0.4, 0.5) is 0 Å². The van der Waals surface area contributed by atoms with Gasteiger partial charge in [0, 0.05) is 24.9 Å². The van der Waals surface area contributed by atoms with Crippen molar-refractivity contribution in [2.24, 2.45) is 5.92 Å². The minimum absolute atomic E-state index is 0.00311. The van der Waals surface area contributed by atoms with Crippen LogP contribution in [0.15, 0.2) is 59.5 Å². The van der Waals surface area contributed by atoms with Gasteiger partial charge < -0.3 is 24.4 Å². The summed E-state index contributed by atoms with van der Waals surface area (Å²) in [5, 5.41) is 23.6. The molecule has 3 N–H and O–H groups in total. The van der Waals surface area contributed by atoms with Crippen molar-refractivity contribution in [2.45, 2.75) is 190 Å². The number of allylic oxidation sites excluding steroid dienone is 2. The number of unbranched alkanes of at least 4 members (excludes halogenated alkanes) is 3. The summed E-state index contributed by atoms with van der Waals surface area (Å²) in [6.07, 6.45) is 13.2. The lowest BCUT2D eigenvalue weighted by Gasteiger charge is -2.43. The molecular weight excluding hydrogens is 719 g/mol. The third-order valence-corrected chi connectivity index (χ3v) is 23.5. The van der Waals surface area contributed by atoms with Gasteiger partial charge in [-0.25, -0.2) is 8.42 Å². The third-order valence-electron chi connectivity index (χ3n) is 11.9. The van der Waals surface area contributed by atoms with Crippen molar-refractivity contribution >= 4 is 32.4 Å². The average Bonchev–Trinajstić information content (AvgIpc) is 3.31. The summed E-state index contributed by atoms with van der Waals surface area (Å²) >= 11 is 0. The Hall–Kier alpha value is -1.61. The number of carboxylic acids is 1. The first-order valence-electron chi connectivity index (χ1n) is 19.9. The first-order chi connectivity index (χ1) is 24.2. The van der Waals surface area contributed by atoms with Crippen molar-refractivity contribution < 1.29 is 32.3 Å². The Morgan fingerprint density at radius 3 is 2.09 bits per heavy atom. The largest absolute Gasteiger partial charge is 0.481 e. The Kier molecular flexibility index (Phi) is 17.1. The number of nitrogens with one attached hydrogen (secondary N) is 1. The lowest BCUT2D eigenvalue weighted by Crippen LogP contribution is -2.57. The molecule has 1 aromatic rings. The van der Waals surface area contributed by atoms with Gasteiger partial charge in [0.2, 0.25) is 0 Å². The molecule has 0 aliphatic heterocycles. The van der Waals surface area contributed by atoms with Crippen molar-refractivity contribution in [3.63, 3.8) is 0 Å². The molecule has 5 atom stereocenters. The van der Waals surface area contributed by atoms with Crippen LogP contribution in [-0.2, 0) is 23.5 Å². The molecule has 2 rings (SSSR count). The Bertz CT molecular complexity index is 1460. The van der Waals surface area contributed by atoms with E-state index in [1.807, 2.05) is 18.2 Å². The van der Waals surface area contributed by atoms with Crippen molar-refractivity contribution in [2.75, 3.05) is 6.54 Å². The summed E-state index contributed by atoms with van der Waals surface area (Å²) in [5.74, 6) is -1.40. The summed E-state index contributed by atoms with van der Waals surface area (Å²) in [4.78, 5) is 11.5. The number of hydrogen-bond acceptors (Lipinski definition) is 7. The van der Waals surface area contributed by atoms with E-state index in [9.17, 15) is 15.0 Å². The van der Waals surface area contributed by atoms with Crippen LogP contribution >= 0.6 is 0 Å².